The highest BCUT2D eigenvalue weighted by molar-refractivity contribution is 6.09. The standard InChI is InChI=1S/C27H30N4O3/c1-17-8-7-9-18(2)25(17)34-27-23(26(33)30-13-12-28-19(3)16-30)24-22(14-21(32)15-29-24)31(27)20-10-5-4-6-11-20/h4-5,7-10,14-15,19,28,32H,6,11-13,16H2,1-3H3/t19-/m0/s1. The molecule has 0 spiro atoms. The average molecular weight is 459 g/mol. The number of benzene rings is 1. The average Bonchev–Trinajstić information content (AvgIpc) is 3.14. The number of hydrogen-bond donors (Lipinski definition) is 2. The van der Waals surface area contributed by atoms with E-state index >= 15 is 0 Å². The second-order valence-corrected chi connectivity index (χ2v) is 9.13. The topological polar surface area (TPSA) is 79.6 Å². The van der Waals surface area contributed by atoms with Crippen LogP contribution in [0.3, 0.4) is 0 Å². The van der Waals surface area contributed by atoms with Crippen LogP contribution in [0.2, 0.25) is 0 Å². The third-order valence-corrected chi connectivity index (χ3v) is 6.50. The molecule has 34 heavy (non-hydrogen) atoms. The Morgan fingerprint density at radius 3 is 2.76 bits per heavy atom. The molecule has 1 aromatic carbocycles. The zero-order valence-corrected chi connectivity index (χ0v) is 19.8. The number of hydrogen-bond acceptors (Lipinski definition) is 5. The predicted octanol–water partition coefficient (Wildman–Crippen LogP) is 4.78. The van der Waals surface area contributed by atoms with E-state index < -0.39 is 0 Å². The molecule has 0 saturated carbocycles. The van der Waals surface area contributed by atoms with Crippen LogP contribution < -0.4 is 10.1 Å². The first kappa shape index (κ1) is 22.2. The van der Waals surface area contributed by atoms with Gasteiger partial charge in [0.05, 0.1) is 11.7 Å². The fraction of sp³-hybridized carbons (Fsp3) is 0.333. The van der Waals surface area contributed by atoms with Gasteiger partial charge in [0.1, 0.15) is 22.6 Å². The maximum Gasteiger partial charge on any atom is 0.261 e. The molecule has 1 amide bonds. The molecule has 1 aliphatic carbocycles. The van der Waals surface area contributed by atoms with Crippen molar-refractivity contribution >= 4 is 22.6 Å². The summed E-state index contributed by atoms with van der Waals surface area (Å²) in [5.74, 6) is 1.11. The number of carbonyl (C=O) groups is 1. The van der Waals surface area contributed by atoms with Crippen molar-refractivity contribution < 1.29 is 14.6 Å². The molecule has 0 radical (unpaired) electrons. The van der Waals surface area contributed by atoms with Crippen molar-refractivity contribution in [1.82, 2.24) is 19.8 Å². The van der Waals surface area contributed by atoms with Crippen molar-refractivity contribution in [3.63, 3.8) is 0 Å². The molecule has 7 nitrogen and oxygen atoms in total. The summed E-state index contributed by atoms with van der Waals surface area (Å²) in [6.45, 7) is 8.04. The Balaban J connectivity index is 1.77. The normalized spacial score (nSPS) is 18.3. The van der Waals surface area contributed by atoms with Gasteiger partial charge in [-0.2, -0.15) is 0 Å². The highest BCUT2D eigenvalue weighted by Crippen LogP contribution is 2.41. The second-order valence-electron chi connectivity index (χ2n) is 9.13. The number of nitrogens with zero attached hydrogens (tertiary/aromatic N) is 3. The Bertz CT molecular complexity index is 1300. The van der Waals surface area contributed by atoms with Crippen LogP contribution in [0.25, 0.3) is 16.7 Å². The summed E-state index contributed by atoms with van der Waals surface area (Å²) < 4.78 is 8.59. The van der Waals surface area contributed by atoms with Gasteiger partial charge in [0.25, 0.3) is 5.91 Å². The molecular formula is C27H30N4O3. The smallest absolute Gasteiger partial charge is 0.261 e. The Labute approximate surface area is 199 Å². The van der Waals surface area contributed by atoms with Crippen molar-refractivity contribution in [3.8, 4) is 17.4 Å². The molecule has 1 fully saturated rings. The van der Waals surface area contributed by atoms with E-state index in [1.807, 2.05) is 53.7 Å². The molecule has 0 bridgehead atoms. The minimum atomic E-state index is -0.108. The molecule has 2 N–H and O–H groups in total. The molecule has 2 aromatic heterocycles. The molecule has 176 valence electrons. The van der Waals surface area contributed by atoms with Gasteiger partial charge < -0.3 is 20.1 Å². The number of pyridine rings is 1. The minimum absolute atomic E-state index is 0.0478. The lowest BCUT2D eigenvalue weighted by atomic mass is 10.1. The molecule has 2 aliphatic rings. The van der Waals surface area contributed by atoms with Crippen molar-refractivity contribution in [3.05, 3.63) is 65.4 Å². The van der Waals surface area contributed by atoms with Gasteiger partial charge in [-0.1, -0.05) is 30.4 Å². The maximum atomic E-state index is 14.0. The van der Waals surface area contributed by atoms with E-state index in [0.29, 0.717) is 35.6 Å². The minimum Gasteiger partial charge on any atom is -0.506 e. The number of allylic oxidation sites excluding steroid dienone is 4. The van der Waals surface area contributed by atoms with Crippen molar-refractivity contribution in [2.75, 3.05) is 19.6 Å². The molecule has 5 rings (SSSR count). The summed E-state index contributed by atoms with van der Waals surface area (Å²) in [7, 11) is 0. The van der Waals surface area contributed by atoms with Crippen LogP contribution in [0, 0.1) is 13.8 Å². The SMILES string of the molecule is Cc1cccc(C)c1Oc1c(C(=O)N2CCN[C@@H](C)C2)c2ncc(O)cc2n1C1=CC=CCC1. The number of amides is 1. The quantitative estimate of drug-likeness (QED) is 0.588. The van der Waals surface area contributed by atoms with Gasteiger partial charge in [-0.15, -0.1) is 0 Å². The van der Waals surface area contributed by atoms with Gasteiger partial charge in [-0.25, -0.2) is 4.98 Å². The number of rotatable bonds is 4. The van der Waals surface area contributed by atoms with E-state index in [1.165, 1.54) is 6.20 Å². The third kappa shape index (κ3) is 3.96. The second kappa shape index (κ2) is 8.99. The molecule has 1 aliphatic heterocycles. The van der Waals surface area contributed by atoms with Crippen molar-refractivity contribution in [1.29, 1.82) is 0 Å². The Kier molecular flexibility index (Phi) is 5.87. The highest BCUT2D eigenvalue weighted by Gasteiger charge is 2.32. The zero-order chi connectivity index (χ0) is 23.8. The Morgan fingerprint density at radius 2 is 2.06 bits per heavy atom. The van der Waals surface area contributed by atoms with Crippen LogP contribution in [0.15, 0.2) is 48.7 Å². The zero-order valence-electron chi connectivity index (χ0n) is 19.8. The summed E-state index contributed by atoms with van der Waals surface area (Å²) in [6, 6.07) is 7.87. The first-order valence-electron chi connectivity index (χ1n) is 11.8. The number of piperazine rings is 1. The van der Waals surface area contributed by atoms with Gasteiger partial charge in [-0.3, -0.25) is 9.36 Å². The number of aromatic nitrogens is 2. The van der Waals surface area contributed by atoms with Gasteiger partial charge in [0, 0.05) is 37.4 Å². The summed E-state index contributed by atoms with van der Waals surface area (Å²) in [5, 5.41) is 13.7. The predicted molar refractivity (Wildman–Crippen MR) is 133 cm³/mol. The lowest BCUT2D eigenvalue weighted by molar-refractivity contribution is 0.0708. The van der Waals surface area contributed by atoms with Crippen LogP contribution in [-0.2, 0) is 0 Å². The first-order valence-corrected chi connectivity index (χ1v) is 11.8. The molecule has 7 heteroatoms. The number of aromatic hydroxyl groups is 1. The van der Waals surface area contributed by atoms with Gasteiger partial charge in [0.2, 0.25) is 5.88 Å². The van der Waals surface area contributed by atoms with E-state index in [4.69, 9.17) is 4.74 Å². The van der Waals surface area contributed by atoms with Gasteiger partial charge in [0.15, 0.2) is 0 Å². The van der Waals surface area contributed by atoms with Crippen molar-refractivity contribution in [2.24, 2.45) is 0 Å². The Hall–Kier alpha value is -3.58. The highest BCUT2D eigenvalue weighted by atomic mass is 16.5. The maximum absolute atomic E-state index is 14.0. The molecule has 3 heterocycles. The molecule has 1 atom stereocenters. The van der Waals surface area contributed by atoms with E-state index in [9.17, 15) is 9.90 Å². The lowest BCUT2D eigenvalue weighted by Gasteiger charge is -2.32. The van der Waals surface area contributed by atoms with E-state index in [2.05, 4.69) is 23.3 Å². The van der Waals surface area contributed by atoms with Gasteiger partial charge >= 0.3 is 0 Å². The third-order valence-electron chi connectivity index (χ3n) is 6.50. The van der Waals surface area contributed by atoms with Gasteiger partial charge in [-0.05, 0) is 50.8 Å². The number of ether oxygens (including phenoxy) is 1. The fourth-order valence-electron chi connectivity index (χ4n) is 4.81. The number of nitrogens with one attached hydrogen (secondary N) is 1. The molecule has 0 unspecified atom stereocenters. The molecule has 1 saturated heterocycles. The summed E-state index contributed by atoms with van der Waals surface area (Å²) >= 11 is 0. The first-order chi connectivity index (χ1) is 16.4. The van der Waals surface area contributed by atoms with E-state index in [0.717, 1.165) is 42.0 Å². The number of para-hydroxylation sites is 1. The monoisotopic (exact) mass is 458 g/mol. The molecular weight excluding hydrogens is 428 g/mol. The summed E-state index contributed by atoms with van der Waals surface area (Å²) in [5.41, 5.74) is 4.59. The van der Waals surface area contributed by atoms with E-state index in [1.54, 1.807) is 6.07 Å². The number of fused-ring (bicyclic) bond motifs is 1. The van der Waals surface area contributed by atoms with Crippen LogP contribution in [0.1, 0.15) is 41.3 Å². The Morgan fingerprint density at radius 1 is 1.26 bits per heavy atom. The molecule has 3 aromatic rings. The fourth-order valence-corrected chi connectivity index (χ4v) is 4.81. The largest absolute Gasteiger partial charge is 0.506 e. The number of aryl methyl sites for hydroxylation is 2. The number of carbonyl (C=O) groups excluding carboxylic acids is 1. The van der Waals surface area contributed by atoms with Crippen LogP contribution in [0.4, 0.5) is 0 Å². The van der Waals surface area contributed by atoms with Crippen molar-refractivity contribution in [2.45, 2.75) is 39.7 Å². The lowest BCUT2D eigenvalue weighted by Crippen LogP contribution is -2.51. The van der Waals surface area contributed by atoms with E-state index in [-0.39, 0.29) is 17.7 Å². The van der Waals surface area contributed by atoms with Crippen LogP contribution >= 0.6 is 0 Å². The van der Waals surface area contributed by atoms with Crippen LogP contribution in [-0.4, -0.2) is 51.1 Å². The summed E-state index contributed by atoms with van der Waals surface area (Å²) in [4.78, 5) is 20.4. The summed E-state index contributed by atoms with van der Waals surface area (Å²) in [6.07, 6.45) is 9.23. The van der Waals surface area contributed by atoms with Crippen LogP contribution in [0.5, 0.6) is 17.4 Å².